The summed E-state index contributed by atoms with van der Waals surface area (Å²) in [5, 5.41) is 9.34. The number of rotatable bonds is 35. The lowest BCUT2D eigenvalue weighted by atomic mass is 9.77. The van der Waals surface area contributed by atoms with Gasteiger partial charge in [-0.3, -0.25) is 9.59 Å². The Labute approximate surface area is 411 Å². The van der Waals surface area contributed by atoms with Gasteiger partial charge in [0.15, 0.2) is 11.4 Å². The molecule has 4 aromatic rings. The van der Waals surface area contributed by atoms with Gasteiger partial charge in [0.05, 0.1) is 105 Å². The highest BCUT2D eigenvalue weighted by Gasteiger charge is 2.53. The van der Waals surface area contributed by atoms with Crippen LogP contribution >= 0.6 is 0 Å². The average Bonchev–Trinajstić information content (AvgIpc) is 3.64. The molecule has 0 atom stereocenters. The molecule has 2 aliphatic heterocycles. The average molecular weight is 971 g/mol. The van der Waals surface area contributed by atoms with Gasteiger partial charge in [0.2, 0.25) is 0 Å². The van der Waals surface area contributed by atoms with Gasteiger partial charge in [0, 0.05) is 99.8 Å². The quantitative estimate of drug-likeness (QED) is 0.0279. The summed E-state index contributed by atoms with van der Waals surface area (Å²) in [4.78, 5) is 43.0. The van der Waals surface area contributed by atoms with Gasteiger partial charge in [0.25, 0.3) is 0 Å². The maximum absolute atomic E-state index is 13.7. The number of ketones is 2. The molecule has 0 amide bonds. The fraction of sp³-hybridized carbons (Fsp3) is 0.500. The van der Waals surface area contributed by atoms with Crippen molar-refractivity contribution >= 4 is 28.9 Å². The highest BCUT2D eigenvalue weighted by molar-refractivity contribution is 6.02. The van der Waals surface area contributed by atoms with Crippen LogP contribution in [0.25, 0.3) is 0 Å². The first kappa shape index (κ1) is 53.9. The standard InChI is InChI=1S/C54H70N2O14/c1-55(2)42-13-18-48-51(38-42)69-52-39-43(56(3)4)14-19-49(52)54(48)47-17-12-41(37-46(47)53(60)70-54)50(59)9-6-21-61-23-25-63-27-29-65-31-33-67-35-36-68-34-32-66-30-28-64-26-24-62-22-20-44(57)8-5-7-40-10-15-45(58)16-11-40/h10-19,37-39,58H,5-9,20-36H2,1-4H3. The van der Waals surface area contributed by atoms with Crippen molar-refractivity contribution in [1.29, 1.82) is 0 Å². The minimum atomic E-state index is -1.22. The Morgan fingerprint density at radius 3 is 1.46 bits per heavy atom. The number of Topliss-reactive ketones (excluding diaryl/α,β-unsaturated/α-hetero) is 2. The number of esters is 1. The third kappa shape index (κ3) is 15.8. The lowest BCUT2D eigenvalue weighted by molar-refractivity contribution is -0.120. The first-order chi connectivity index (χ1) is 34.1. The SMILES string of the molecule is CN(C)c1ccc2c(c1)Oc1cc(N(C)C)ccc1C21OC(=O)c2cc(C(=O)CCCOCCOCCOCCOCCOCCOCCOCCOCCC(=O)CCCc3ccc(O)cc3)ccc21. The fourth-order valence-electron chi connectivity index (χ4n) is 8.02. The fourth-order valence-corrected chi connectivity index (χ4v) is 8.02. The summed E-state index contributed by atoms with van der Waals surface area (Å²) < 4.78 is 57.3. The zero-order chi connectivity index (χ0) is 49.6. The van der Waals surface area contributed by atoms with Crippen LogP contribution in [0, 0.1) is 0 Å². The number of phenols is 1. The number of phenolic OH excluding ortho intramolecular Hbond substituents is 1. The van der Waals surface area contributed by atoms with Crippen LogP contribution in [-0.2, 0) is 59.4 Å². The van der Waals surface area contributed by atoms with Crippen molar-refractivity contribution in [3.05, 3.63) is 112 Å². The zero-order valence-electron chi connectivity index (χ0n) is 41.2. The van der Waals surface area contributed by atoms with E-state index in [2.05, 4.69) is 0 Å². The van der Waals surface area contributed by atoms with Crippen LogP contribution in [0.1, 0.15) is 75.1 Å². The summed E-state index contributed by atoms with van der Waals surface area (Å²) >= 11 is 0. The topological polar surface area (TPSA) is 170 Å². The van der Waals surface area contributed by atoms with Gasteiger partial charge < -0.3 is 62.3 Å². The molecule has 70 heavy (non-hydrogen) atoms. The van der Waals surface area contributed by atoms with Gasteiger partial charge in [-0.15, -0.1) is 0 Å². The van der Waals surface area contributed by atoms with E-state index in [0.717, 1.165) is 40.9 Å². The summed E-state index contributed by atoms with van der Waals surface area (Å²) in [5.74, 6) is 1.07. The molecule has 0 radical (unpaired) electrons. The molecule has 1 spiro atoms. The molecule has 380 valence electrons. The molecule has 16 heteroatoms. The molecule has 0 unspecified atom stereocenters. The molecule has 1 N–H and O–H groups in total. The first-order valence-electron chi connectivity index (χ1n) is 24.2. The lowest BCUT2D eigenvalue weighted by Crippen LogP contribution is -2.33. The maximum atomic E-state index is 13.7. The summed E-state index contributed by atoms with van der Waals surface area (Å²) in [6.07, 6.45) is 3.30. The number of hydrogen-bond donors (Lipinski definition) is 1. The molecule has 0 saturated heterocycles. The second-order valence-electron chi connectivity index (χ2n) is 17.3. The van der Waals surface area contributed by atoms with Gasteiger partial charge in [0.1, 0.15) is 23.0 Å². The molecule has 2 heterocycles. The Bertz CT molecular complexity index is 2210. The molecule has 0 saturated carbocycles. The molecule has 6 rings (SSSR count). The summed E-state index contributed by atoms with van der Waals surface area (Å²) in [6.45, 7) is 6.97. The van der Waals surface area contributed by atoms with Gasteiger partial charge in [-0.2, -0.15) is 0 Å². The van der Waals surface area contributed by atoms with E-state index >= 15 is 0 Å². The Hall–Kier alpha value is -5.43. The van der Waals surface area contributed by atoms with Crippen molar-refractivity contribution in [1.82, 2.24) is 0 Å². The predicted octanol–water partition coefficient (Wildman–Crippen LogP) is 7.17. The number of fused-ring (bicyclic) bond motifs is 6. The van der Waals surface area contributed by atoms with Crippen molar-refractivity contribution in [2.75, 3.05) is 144 Å². The second-order valence-corrected chi connectivity index (χ2v) is 17.3. The largest absolute Gasteiger partial charge is 0.508 e. The van der Waals surface area contributed by atoms with E-state index < -0.39 is 11.6 Å². The molecular weight excluding hydrogens is 901 g/mol. The minimum absolute atomic E-state index is 0.0780. The number of anilines is 2. The van der Waals surface area contributed by atoms with Crippen LogP contribution in [0.3, 0.4) is 0 Å². The normalized spacial score (nSPS) is 13.1. The number of aromatic hydroxyl groups is 1. The van der Waals surface area contributed by atoms with E-state index in [1.54, 1.807) is 24.3 Å². The monoisotopic (exact) mass is 970 g/mol. The molecule has 0 aliphatic carbocycles. The summed E-state index contributed by atoms with van der Waals surface area (Å²) in [6, 6.07) is 24.1. The van der Waals surface area contributed by atoms with Crippen LogP contribution < -0.4 is 14.5 Å². The first-order valence-corrected chi connectivity index (χ1v) is 24.2. The number of benzene rings is 4. The number of hydrogen-bond acceptors (Lipinski definition) is 16. The van der Waals surface area contributed by atoms with Gasteiger partial charge in [-0.05, 0) is 67.3 Å². The minimum Gasteiger partial charge on any atom is -0.508 e. The molecule has 16 nitrogen and oxygen atoms in total. The Morgan fingerprint density at radius 1 is 0.514 bits per heavy atom. The number of aryl methyl sites for hydroxylation is 1. The summed E-state index contributed by atoms with van der Waals surface area (Å²) in [7, 11) is 7.84. The van der Waals surface area contributed by atoms with Crippen LogP contribution in [0.15, 0.2) is 78.9 Å². The van der Waals surface area contributed by atoms with Crippen LogP contribution in [0.5, 0.6) is 17.2 Å². The molecular formula is C54H70N2O14. The second kappa shape index (κ2) is 28.4. The third-order valence-corrected chi connectivity index (χ3v) is 11.8. The Kier molecular flexibility index (Phi) is 21.9. The van der Waals surface area contributed by atoms with Crippen molar-refractivity contribution in [3.8, 4) is 17.2 Å². The molecule has 4 aromatic carbocycles. The summed E-state index contributed by atoms with van der Waals surface area (Å²) in [5.41, 5.74) is 4.73. The van der Waals surface area contributed by atoms with Crippen molar-refractivity contribution in [2.24, 2.45) is 0 Å². The number of nitrogens with zero attached hydrogens (tertiary/aromatic N) is 2. The van der Waals surface area contributed by atoms with E-state index in [9.17, 15) is 19.5 Å². The maximum Gasteiger partial charge on any atom is 0.340 e. The van der Waals surface area contributed by atoms with E-state index in [1.807, 2.05) is 92.6 Å². The number of carbonyl (C=O) groups excluding carboxylic acids is 3. The van der Waals surface area contributed by atoms with E-state index in [1.165, 1.54) is 0 Å². The highest BCUT2D eigenvalue weighted by Crippen LogP contribution is 2.57. The van der Waals surface area contributed by atoms with Crippen molar-refractivity contribution < 1.29 is 66.9 Å². The third-order valence-electron chi connectivity index (χ3n) is 11.8. The van der Waals surface area contributed by atoms with Crippen LogP contribution in [0.2, 0.25) is 0 Å². The van der Waals surface area contributed by atoms with Crippen LogP contribution in [0.4, 0.5) is 11.4 Å². The van der Waals surface area contributed by atoms with Crippen molar-refractivity contribution in [3.63, 3.8) is 0 Å². The van der Waals surface area contributed by atoms with Gasteiger partial charge >= 0.3 is 5.97 Å². The van der Waals surface area contributed by atoms with E-state index in [0.29, 0.717) is 153 Å². The molecule has 0 aromatic heterocycles. The molecule has 2 aliphatic rings. The number of carbonyl (C=O) groups is 3. The smallest absolute Gasteiger partial charge is 0.340 e. The lowest BCUT2D eigenvalue weighted by Gasteiger charge is -2.37. The predicted molar refractivity (Wildman–Crippen MR) is 264 cm³/mol. The van der Waals surface area contributed by atoms with Gasteiger partial charge in [-0.1, -0.05) is 24.3 Å². The highest BCUT2D eigenvalue weighted by atomic mass is 16.6. The Balaban J connectivity index is 0.725. The van der Waals surface area contributed by atoms with Crippen LogP contribution in [-0.4, -0.2) is 157 Å². The van der Waals surface area contributed by atoms with Gasteiger partial charge in [-0.25, -0.2) is 4.79 Å². The van der Waals surface area contributed by atoms with E-state index in [4.69, 9.17) is 47.4 Å². The van der Waals surface area contributed by atoms with Crippen molar-refractivity contribution in [2.45, 2.75) is 44.1 Å². The molecule has 0 fully saturated rings. The Morgan fingerprint density at radius 2 is 0.971 bits per heavy atom. The number of ether oxygens (including phenoxy) is 10. The zero-order valence-corrected chi connectivity index (χ0v) is 41.2. The molecule has 0 bridgehead atoms. The van der Waals surface area contributed by atoms with E-state index in [-0.39, 0.29) is 23.7 Å².